The number of rotatable bonds is 4. The number of aldehydes is 1. The SMILES string of the molecule is C#C.CCNC(C)=O.Cc1ccc(C2=NCc3nnc(C)n3-c3ccc(-c4ccc(C=O)cc4)cc32)cc1. The minimum atomic E-state index is 0.0394. The Morgan fingerprint density at radius 2 is 1.58 bits per heavy atom. The summed E-state index contributed by atoms with van der Waals surface area (Å²) in [6.07, 6.45) is 8.86. The van der Waals surface area contributed by atoms with Crippen LogP contribution in [0.4, 0.5) is 0 Å². The van der Waals surface area contributed by atoms with Gasteiger partial charge in [-0.15, -0.1) is 23.0 Å². The smallest absolute Gasteiger partial charge is 0.216 e. The molecule has 0 aliphatic carbocycles. The van der Waals surface area contributed by atoms with E-state index < -0.39 is 0 Å². The van der Waals surface area contributed by atoms with Crippen molar-refractivity contribution in [3.05, 3.63) is 101 Å². The normalized spacial score (nSPS) is 11.2. The molecule has 1 aliphatic heterocycles. The number of aromatic nitrogens is 3. The van der Waals surface area contributed by atoms with E-state index in [2.05, 4.69) is 82.3 Å². The number of benzene rings is 3. The first-order chi connectivity index (χ1) is 18.4. The summed E-state index contributed by atoms with van der Waals surface area (Å²) in [6, 6.07) is 22.4. The first-order valence-electron chi connectivity index (χ1n) is 12.2. The molecule has 3 aromatic carbocycles. The number of carbonyl (C=O) groups excluding carboxylic acids is 2. The highest BCUT2D eigenvalue weighted by molar-refractivity contribution is 6.15. The van der Waals surface area contributed by atoms with E-state index in [1.165, 1.54) is 12.5 Å². The maximum atomic E-state index is 11.0. The minimum Gasteiger partial charge on any atom is -0.357 e. The topological polar surface area (TPSA) is 89.2 Å². The van der Waals surface area contributed by atoms with Gasteiger partial charge in [-0.3, -0.25) is 19.1 Å². The molecule has 0 bridgehead atoms. The Balaban J connectivity index is 0.000000443. The lowest BCUT2D eigenvalue weighted by molar-refractivity contribution is -0.118. The van der Waals surface area contributed by atoms with Crippen molar-refractivity contribution in [3.63, 3.8) is 0 Å². The van der Waals surface area contributed by atoms with Crippen molar-refractivity contribution >= 4 is 17.9 Å². The lowest BCUT2D eigenvalue weighted by Crippen LogP contribution is -2.18. The van der Waals surface area contributed by atoms with Crippen molar-refractivity contribution in [2.45, 2.75) is 34.2 Å². The summed E-state index contributed by atoms with van der Waals surface area (Å²) in [7, 11) is 0. The summed E-state index contributed by atoms with van der Waals surface area (Å²) in [5.41, 5.74) is 8.09. The molecule has 0 atom stereocenters. The molecule has 0 radical (unpaired) electrons. The highest BCUT2D eigenvalue weighted by Crippen LogP contribution is 2.30. The number of nitrogens with zero attached hydrogens (tertiary/aromatic N) is 4. The van der Waals surface area contributed by atoms with Crippen LogP contribution in [0.25, 0.3) is 16.8 Å². The van der Waals surface area contributed by atoms with Gasteiger partial charge in [-0.2, -0.15) is 0 Å². The largest absolute Gasteiger partial charge is 0.357 e. The maximum Gasteiger partial charge on any atom is 0.216 e. The van der Waals surface area contributed by atoms with E-state index in [4.69, 9.17) is 4.99 Å². The van der Waals surface area contributed by atoms with Gasteiger partial charge in [-0.05, 0) is 44.0 Å². The summed E-state index contributed by atoms with van der Waals surface area (Å²) in [6.45, 7) is 8.64. The molecule has 0 spiro atoms. The van der Waals surface area contributed by atoms with E-state index in [9.17, 15) is 9.59 Å². The number of carbonyl (C=O) groups is 2. The molecule has 4 aromatic rings. The zero-order valence-corrected chi connectivity index (χ0v) is 22.1. The fraction of sp³-hybridized carbons (Fsp3) is 0.194. The van der Waals surface area contributed by atoms with Gasteiger partial charge < -0.3 is 5.32 Å². The summed E-state index contributed by atoms with van der Waals surface area (Å²) < 4.78 is 2.08. The molecule has 7 heteroatoms. The molecule has 5 rings (SSSR count). The van der Waals surface area contributed by atoms with Crippen LogP contribution in [-0.4, -0.2) is 39.2 Å². The lowest BCUT2D eigenvalue weighted by atomic mass is 9.95. The molecule has 1 amide bonds. The fourth-order valence-corrected chi connectivity index (χ4v) is 4.12. The third-order valence-corrected chi connectivity index (χ3v) is 5.89. The van der Waals surface area contributed by atoms with E-state index >= 15 is 0 Å². The maximum absolute atomic E-state index is 11.0. The molecule has 0 fully saturated rings. The Labute approximate surface area is 223 Å². The number of nitrogens with one attached hydrogen (secondary N) is 1. The summed E-state index contributed by atoms with van der Waals surface area (Å²) in [5.74, 6) is 1.71. The number of aliphatic imine (C=N–C) groups is 1. The van der Waals surface area contributed by atoms with Crippen molar-refractivity contribution in [3.8, 4) is 29.7 Å². The van der Waals surface area contributed by atoms with E-state index in [1.807, 2.05) is 38.1 Å². The molecule has 0 saturated carbocycles. The van der Waals surface area contributed by atoms with Crippen LogP contribution in [0, 0.1) is 26.7 Å². The van der Waals surface area contributed by atoms with Crippen LogP contribution in [0.5, 0.6) is 0 Å². The Morgan fingerprint density at radius 1 is 0.947 bits per heavy atom. The predicted octanol–water partition coefficient (Wildman–Crippen LogP) is 5.11. The zero-order valence-electron chi connectivity index (χ0n) is 22.1. The van der Waals surface area contributed by atoms with Crippen LogP contribution in [-0.2, 0) is 11.3 Å². The van der Waals surface area contributed by atoms with E-state index in [0.29, 0.717) is 12.1 Å². The van der Waals surface area contributed by atoms with Crippen LogP contribution < -0.4 is 5.32 Å². The molecule has 192 valence electrons. The molecule has 1 N–H and O–H groups in total. The minimum absolute atomic E-state index is 0.0394. The molecular formula is C31H31N5O2. The quantitative estimate of drug-likeness (QED) is 0.308. The average molecular weight is 506 g/mol. The standard InChI is InChI=1S/C25H20N4O.C4H9NO.C2H2/c1-16-3-7-20(8-4-16)25-22-13-21(19-9-5-18(15-30)6-10-19)11-12-23(22)29-17(2)27-28-24(29)14-26-25;1-3-5-4(2)6;1-2/h3-13,15H,14H2,1-2H3;3H2,1-2H3,(H,5,6);1-2H. The van der Waals surface area contributed by atoms with Gasteiger partial charge >= 0.3 is 0 Å². The van der Waals surface area contributed by atoms with Gasteiger partial charge in [0.1, 0.15) is 18.7 Å². The number of hydrogen-bond donors (Lipinski definition) is 1. The third kappa shape index (κ3) is 6.29. The number of fused-ring (bicyclic) bond motifs is 3. The van der Waals surface area contributed by atoms with Crippen LogP contribution in [0.3, 0.4) is 0 Å². The highest BCUT2D eigenvalue weighted by Gasteiger charge is 2.22. The molecular weight excluding hydrogens is 474 g/mol. The van der Waals surface area contributed by atoms with E-state index in [0.717, 1.165) is 58.1 Å². The number of hydrogen-bond acceptors (Lipinski definition) is 5. The third-order valence-electron chi connectivity index (χ3n) is 5.89. The van der Waals surface area contributed by atoms with E-state index in [1.54, 1.807) is 0 Å². The molecule has 1 aliphatic rings. The Kier molecular flexibility index (Phi) is 9.44. The van der Waals surface area contributed by atoms with Gasteiger partial charge in [0.05, 0.1) is 11.4 Å². The van der Waals surface area contributed by atoms with Gasteiger partial charge in [0, 0.05) is 30.2 Å². The van der Waals surface area contributed by atoms with Crippen LogP contribution >= 0.6 is 0 Å². The predicted molar refractivity (Wildman–Crippen MR) is 152 cm³/mol. The molecule has 0 saturated heterocycles. The van der Waals surface area contributed by atoms with Crippen LogP contribution in [0.15, 0.2) is 71.7 Å². The Morgan fingerprint density at radius 3 is 2.16 bits per heavy atom. The lowest BCUT2D eigenvalue weighted by Gasteiger charge is -2.15. The van der Waals surface area contributed by atoms with Crippen molar-refractivity contribution in [2.75, 3.05) is 6.54 Å². The zero-order chi connectivity index (χ0) is 27.7. The first kappa shape index (κ1) is 27.8. The first-order valence-corrected chi connectivity index (χ1v) is 12.2. The van der Waals surface area contributed by atoms with Crippen molar-refractivity contribution < 1.29 is 9.59 Å². The van der Waals surface area contributed by atoms with E-state index in [-0.39, 0.29) is 5.91 Å². The Hall–Kier alpha value is -4.83. The second kappa shape index (κ2) is 12.9. The number of aryl methyl sites for hydroxylation is 2. The molecule has 38 heavy (non-hydrogen) atoms. The molecule has 2 heterocycles. The summed E-state index contributed by atoms with van der Waals surface area (Å²) in [4.78, 5) is 25.9. The van der Waals surface area contributed by atoms with Crippen molar-refractivity contribution in [2.24, 2.45) is 4.99 Å². The average Bonchev–Trinajstić information content (AvgIpc) is 3.22. The highest BCUT2D eigenvalue weighted by atomic mass is 16.1. The molecule has 1 aromatic heterocycles. The van der Waals surface area contributed by atoms with Gasteiger partial charge in [0.2, 0.25) is 5.91 Å². The van der Waals surface area contributed by atoms with Gasteiger partial charge in [-0.1, -0.05) is 60.2 Å². The fourth-order valence-electron chi connectivity index (χ4n) is 4.12. The number of amides is 1. The monoisotopic (exact) mass is 505 g/mol. The summed E-state index contributed by atoms with van der Waals surface area (Å²) >= 11 is 0. The van der Waals surface area contributed by atoms with Crippen LogP contribution in [0.2, 0.25) is 0 Å². The van der Waals surface area contributed by atoms with Gasteiger partial charge in [-0.25, -0.2) is 0 Å². The van der Waals surface area contributed by atoms with Gasteiger partial charge in [0.25, 0.3) is 0 Å². The van der Waals surface area contributed by atoms with Crippen molar-refractivity contribution in [1.82, 2.24) is 20.1 Å². The Bertz CT molecular complexity index is 1460. The van der Waals surface area contributed by atoms with Crippen LogP contribution in [0.1, 0.15) is 52.5 Å². The molecule has 0 unspecified atom stereocenters. The summed E-state index contributed by atoms with van der Waals surface area (Å²) in [5, 5.41) is 11.2. The molecule has 7 nitrogen and oxygen atoms in total. The van der Waals surface area contributed by atoms with Crippen molar-refractivity contribution in [1.29, 1.82) is 0 Å². The second-order valence-electron chi connectivity index (χ2n) is 8.59. The van der Waals surface area contributed by atoms with Gasteiger partial charge in [0.15, 0.2) is 5.82 Å². The number of terminal acetylenes is 1. The second-order valence-corrected chi connectivity index (χ2v) is 8.59.